The third-order valence-corrected chi connectivity index (χ3v) is 5.35. The van der Waals surface area contributed by atoms with E-state index in [-0.39, 0.29) is 0 Å². The molecule has 0 aromatic carbocycles. The number of pyridine rings is 1. The number of ether oxygens (including phenoxy) is 1. The number of methoxy groups -OCH3 is 1. The molecule has 4 aromatic rings. The lowest BCUT2D eigenvalue weighted by Crippen LogP contribution is -1.97. The van der Waals surface area contributed by atoms with Gasteiger partial charge in [0.15, 0.2) is 5.06 Å². The molecule has 0 unspecified atom stereocenters. The van der Waals surface area contributed by atoms with Gasteiger partial charge in [-0.25, -0.2) is 4.98 Å². The normalized spacial score (nSPS) is 11.5. The molecule has 0 atom stereocenters. The lowest BCUT2D eigenvalue weighted by molar-refractivity contribution is 0.428. The topological polar surface area (TPSA) is 52.5 Å². The Balaban J connectivity index is 2.12. The summed E-state index contributed by atoms with van der Waals surface area (Å²) in [6.07, 6.45) is 0. The maximum atomic E-state index is 6.37. The van der Waals surface area contributed by atoms with E-state index in [9.17, 15) is 0 Å². The van der Waals surface area contributed by atoms with Gasteiger partial charge in [0.25, 0.3) is 0 Å². The molecule has 0 saturated heterocycles. The summed E-state index contributed by atoms with van der Waals surface area (Å²) in [6, 6.07) is 6.25. The van der Waals surface area contributed by atoms with Crippen molar-refractivity contribution in [1.29, 1.82) is 0 Å². The maximum Gasteiger partial charge on any atom is 0.183 e. The highest BCUT2D eigenvalue weighted by Gasteiger charge is 2.19. The lowest BCUT2D eigenvalue weighted by atomic mass is 10.2. The molecule has 0 amide bonds. The van der Waals surface area contributed by atoms with Crippen LogP contribution in [0, 0.1) is 6.92 Å². The molecule has 0 saturated carbocycles. The fraction of sp³-hybridized carbons (Fsp3) is 0.133. The highest BCUT2D eigenvalue weighted by atomic mass is 32.1. The fourth-order valence-electron chi connectivity index (χ4n) is 2.67. The molecule has 0 aliphatic heterocycles. The highest BCUT2D eigenvalue weighted by Crippen LogP contribution is 2.39. The molecule has 0 fully saturated rings. The van der Waals surface area contributed by atoms with Crippen LogP contribution in [0.3, 0.4) is 0 Å². The van der Waals surface area contributed by atoms with E-state index in [2.05, 4.69) is 24.4 Å². The first-order chi connectivity index (χ1) is 10.2. The van der Waals surface area contributed by atoms with E-state index in [1.807, 2.05) is 15.8 Å². The second-order valence-corrected chi connectivity index (χ2v) is 6.64. The Hall–Kier alpha value is -2.05. The van der Waals surface area contributed by atoms with E-state index in [0.29, 0.717) is 5.82 Å². The predicted molar refractivity (Wildman–Crippen MR) is 89.6 cm³/mol. The molecule has 106 valence electrons. The minimum Gasteiger partial charge on any atom is -0.487 e. The van der Waals surface area contributed by atoms with Gasteiger partial charge in [0.05, 0.1) is 12.7 Å². The number of imidazole rings is 1. The van der Waals surface area contributed by atoms with E-state index in [0.717, 1.165) is 33.0 Å². The molecule has 2 N–H and O–H groups in total. The zero-order valence-corrected chi connectivity index (χ0v) is 13.2. The van der Waals surface area contributed by atoms with Crippen LogP contribution in [0.1, 0.15) is 5.69 Å². The second kappa shape index (κ2) is 4.47. The molecule has 4 aromatic heterocycles. The Morgan fingerprint density at radius 3 is 2.86 bits per heavy atom. The molecular formula is C15H13N3OS2. The number of thiophene rings is 2. The molecule has 0 aliphatic carbocycles. The van der Waals surface area contributed by atoms with Crippen LogP contribution in [0.5, 0.6) is 5.06 Å². The van der Waals surface area contributed by atoms with Gasteiger partial charge in [0.2, 0.25) is 0 Å². The minimum atomic E-state index is 0.660. The van der Waals surface area contributed by atoms with E-state index in [1.165, 1.54) is 4.70 Å². The predicted octanol–water partition coefficient (Wildman–Crippen LogP) is 4.18. The van der Waals surface area contributed by atoms with Crippen LogP contribution in [-0.2, 0) is 0 Å². The van der Waals surface area contributed by atoms with Crippen molar-refractivity contribution in [2.75, 3.05) is 12.8 Å². The average Bonchev–Trinajstić information content (AvgIpc) is 3.15. The zero-order valence-electron chi connectivity index (χ0n) is 11.6. The van der Waals surface area contributed by atoms with Crippen LogP contribution in [0.4, 0.5) is 5.82 Å². The number of hydrogen-bond donors (Lipinski definition) is 1. The van der Waals surface area contributed by atoms with Gasteiger partial charge >= 0.3 is 0 Å². The molecular weight excluding hydrogens is 302 g/mol. The number of nitrogens with two attached hydrogens (primary N) is 1. The van der Waals surface area contributed by atoms with Gasteiger partial charge in [0, 0.05) is 15.8 Å². The Labute approximate surface area is 129 Å². The minimum absolute atomic E-state index is 0.660. The lowest BCUT2D eigenvalue weighted by Gasteiger charge is -2.03. The molecule has 4 rings (SSSR count). The largest absolute Gasteiger partial charge is 0.487 e. The van der Waals surface area contributed by atoms with Gasteiger partial charge in [-0.05, 0) is 35.9 Å². The van der Waals surface area contributed by atoms with Crippen molar-refractivity contribution in [2.45, 2.75) is 6.92 Å². The number of hydrogen-bond acceptors (Lipinski definition) is 5. The smallest absolute Gasteiger partial charge is 0.183 e. The van der Waals surface area contributed by atoms with Gasteiger partial charge in [-0.15, -0.1) is 22.7 Å². The Morgan fingerprint density at radius 1 is 1.24 bits per heavy atom. The number of rotatable bonds is 2. The van der Waals surface area contributed by atoms with Gasteiger partial charge < -0.3 is 10.5 Å². The fourth-order valence-corrected chi connectivity index (χ4v) is 4.26. The van der Waals surface area contributed by atoms with Gasteiger partial charge in [-0.3, -0.25) is 4.40 Å². The number of aromatic nitrogens is 2. The SMILES string of the molecule is COc1sccc1-c1nc2c3ccsc3cc(C)n2c1N. The summed E-state index contributed by atoms with van der Waals surface area (Å²) in [6.45, 7) is 2.05. The van der Waals surface area contributed by atoms with E-state index in [1.54, 1.807) is 29.8 Å². The number of fused-ring (bicyclic) bond motifs is 3. The molecule has 0 spiro atoms. The third kappa shape index (κ3) is 1.69. The van der Waals surface area contributed by atoms with E-state index in [4.69, 9.17) is 15.5 Å². The summed E-state index contributed by atoms with van der Waals surface area (Å²) in [4.78, 5) is 4.80. The molecule has 0 radical (unpaired) electrons. The van der Waals surface area contributed by atoms with Crippen LogP contribution in [0.15, 0.2) is 29.0 Å². The van der Waals surface area contributed by atoms with Crippen LogP contribution < -0.4 is 10.5 Å². The van der Waals surface area contributed by atoms with Gasteiger partial charge in [0.1, 0.15) is 17.2 Å². The number of aryl methyl sites for hydroxylation is 1. The number of nitrogen functional groups attached to an aromatic ring is 1. The monoisotopic (exact) mass is 315 g/mol. The molecule has 21 heavy (non-hydrogen) atoms. The molecule has 0 aliphatic rings. The van der Waals surface area contributed by atoms with Crippen molar-refractivity contribution in [3.8, 4) is 16.3 Å². The summed E-state index contributed by atoms with van der Waals surface area (Å²) >= 11 is 3.27. The van der Waals surface area contributed by atoms with Crippen molar-refractivity contribution < 1.29 is 4.74 Å². The van der Waals surface area contributed by atoms with Crippen LogP contribution in [0.25, 0.3) is 27.0 Å². The summed E-state index contributed by atoms with van der Waals surface area (Å²) in [7, 11) is 1.67. The Morgan fingerprint density at radius 2 is 2.05 bits per heavy atom. The first-order valence-electron chi connectivity index (χ1n) is 6.47. The van der Waals surface area contributed by atoms with Crippen molar-refractivity contribution in [3.63, 3.8) is 0 Å². The summed E-state index contributed by atoms with van der Waals surface area (Å²) in [5, 5.41) is 6.05. The number of anilines is 1. The molecule has 6 heteroatoms. The summed E-state index contributed by atoms with van der Waals surface area (Å²) in [5.74, 6) is 0.660. The van der Waals surface area contributed by atoms with Crippen LogP contribution >= 0.6 is 22.7 Å². The third-order valence-electron chi connectivity index (χ3n) is 3.61. The Kier molecular flexibility index (Phi) is 2.70. The highest BCUT2D eigenvalue weighted by molar-refractivity contribution is 7.17. The molecule has 0 bridgehead atoms. The zero-order chi connectivity index (χ0) is 14.6. The first-order valence-corrected chi connectivity index (χ1v) is 8.23. The van der Waals surface area contributed by atoms with E-state index < -0.39 is 0 Å². The molecule has 4 heterocycles. The van der Waals surface area contributed by atoms with Gasteiger partial charge in [-0.2, -0.15) is 0 Å². The quantitative estimate of drug-likeness (QED) is 0.604. The summed E-state index contributed by atoms with van der Waals surface area (Å²) in [5.41, 5.74) is 10.1. The second-order valence-electron chi connectivity index (χ2n) is 4.81. The first kappa shape index (κ1) is 12.7. The molecule has 4 nitrogen and oxygen atoms in total. The van der Waals surface area contributed by atoms with Crippen LogP contribution in [-0.4, -0.2) is 16.5 Å². The summed E-state index contributed by atoms with van der Waals surface area (Å²) < 4.78 is 8.65. The van der Waals surface area contributed by atoms with Crippen LogP contribution in [0.2, 0.25) is 0 Å². The van der Waals surface area contributed by atoms with E-state index >= 15 is 0 Å². The van der Waals surface area contributed by atoms with Crippen molar-refractivity contribution in [1.82, 2.24) is 9.38 Å². The standard InChI is InChI=1S/C15H13N3OS2/c1-8-7-11-9(3-5-20-11)14-17-12(13(16)18(8)14)10-4-6-21-15(10)19-2/h3-7H,16H2,1-2H3. The van der Waals surface area contributed by atoms with Crippen molar-refractivity contribution >= 4 is 44.2 Å². The Bertz CT molecular complexity index is 964. The van der Waals surface area contributed by atoms with Crippen molar-refractivity contribution in [2.24, 2.45) is 0 Å². The number of nitrogens with zero attached hydrogens (tertiary/aromatic N) is 2. The average molecular weight is 315 g/mol. The maximum absolute atomic E-state index is 6.37. The van der Waals surface area contributed by atoms with Gasteiger partial charge in [-0.1, -0.05) is 0 Å². The van der Waals surface area contributed by atoms with Crippen molar-refractivity contribution in [3.05, 3.63) is 34.7 Å².